The lowest BCUT2D eigenvalue weighted by molar-refractivity contribution is 0.273. The Kier molecular flexibility index (Phi) is 5.79. The molecule has 1 aliphatic rings. The Bertz CT molecular complexity index is 234. The van der Waals surface area contributed by atoms with Crippen LogP contribution in [-0.2, 0) is 0 Å². The fourth-order valence-electron chi connectivity index (χ4n) is 2.39. The molecule has 3 nitrogen and oxygen atoms in total. The highest BCUT2D eigenvalue weighted by atomic mass is 15.1. The second kappa shape index (κ2) is 6.88. The molecule has 0 N–H and O–H groups in total. The summed E-state index contributed by atoms with van der Waals surface area (Å²) >= 11 is 0. The number of rotatable bonds is 6. The predicted octanol–water partition coefficient (Wildman–Crippen LogP) is 1.81. The highest BCUT2D eigenvalue weighted by Gasteiger charge is 2.19. The largest absolute Gasteiger partial charge is 0.306 e. The van der Waals surface area contributed by atoms with Crippen LogP contribution in [0.1, 0.15) is 26.2 Å². The van der Waals surface area contributed by atoms with E-state index in [-0.39, 0.29) is 5.92 Å². The molecule has 0 radical (unpaired) electrons. The van der Waals surface area contributed by atoms with Crippen LogP contribution in [0, 0.1) is 23.2 Å². The van der Waals surface area contributed by atoms with Gasteiger partial charge in [0.15, 0.2) is 0 Å². The van der Waals surface area contributed by atoms with Crippen molar-refractivity contribution in [3.8, 4) is 6.07 Å². The minimum absolute atomic E-state index is 0.205. The second-order valence-electron chi connectivity index (χ2n) is 5.20. The van der Waals surface area contributed by atoms with Crippen LogP contribution < -0.4 is 0 Å². The fraction of sp³-hybridized carbons (Fsp3) is 0.923. The Morgan fingerprint density at radius 2 is 2.31 bits per heavy atom. The van der Waals surface area contributed by atoms with Crippen molar-refractivity contribution in [1.82, 2.24) is 9.80 Å². The van der Waals surface area contributed by atoms with Crippen molar-refractivity contribution in [1.29, 1.82) is 5.26 Å². The summed E-state index contributed by atoms with van der Waals surface area (Å²) in [5, 5.41) is 8.91. The summed E-state index contributed by atoms with van der Waals surface area (Å²) < 4.78 is 0. The third kappa shape index (κ3) is 4.51. The Balaban J connectivity index is 2.15. The summed E-state index contributed by atoms with van der Waals surface area (Å²) in [5.74, 6) is 1.07. The Hall–Kier alpha value is -0.590. The van der Waals surface area contributed by atoms with Gasteiger partial charge in [0.2, 0.25) is 0 Å². The standard InChI is InChI=1S/C13H25N3/c1-4-12(9-14)10-15(2)7-5-13-6-8-16(3)11-13/h12-13H,4-8,10-11H2,1-3H3. The van der Waals surface area contributed by atoms with Crippen LogP contribution in [-0.4, -0.2) is 50.1 Å². The molecule has 16 heavy (non-hydrogen) atoms. The van der Waals surface area contributed by atoms with E-state index in [0.717, 1.165) is 25.4 Å². The Morgan fingerprint density at radius 1 is 1.56 bits per heavy atom. The second-order valence-corrected chi connectivity index (χ2v) is 5.20. The van der Waals surface area contributed by atoms with Crippen molar-refractivity contribution in [3.05, 3.63) is 0 Å². The van der Waals surface area contributed by atoms with Crippen molar-refractivity contribution in [3.63, 3.8) is 0 Å². The maximum absolute atomic E-state index is 8.91. The molecule has 2 unspecified atom stereocenters. The molecular weight excluding hydrogens is 198 g/mol. The SMILES string of the molecule is CCC(C#N)CN(C)CCC1CCN(C)C1. The molecule has 1 rings (SSSR count). The van der Waals surface area contributed by atoms with E-state index in [1.54, 1.807) is 0 Å². The monoisotopic (exact) mass is 223 g/mol. The summed E-state index contributed by atoms with van der Waals surface area (Å²) in [5.41, 5.74) is 0. The van der Waals surface area contributed by atoms with Crippen molar-refractivity contribution in [2.45, 2.75) is 26.2 Å². The van der Waals surface area contributed by atoms with E-state index in [2.05, 4.69) is 36.9 Å². The normalized spacial score (nSPS) is 23.6. The fourth-order valence-corrected chi connectivity index (χ4v) is 2.39. The van der Waals surface area contributed by atoms with Gasteiger partial charge < -0.3 is 9.80 Å². The minimum Gasteiger partial charge on any atom is -0.306 e. The molecule has 0 aromatic heterocycles. The summed E-state index contributed by atoms with van der Waals surface area (Å²) in [4.78, 5) is 4.73. The molecule has 0 amide bonds. The lowest BCUT2D eigenvalue weighted by Gasteiger charge is -2.20. The first-order valence-electron chi connectivity index (χ1n) is 6.42. The van der Waals surface area contributed by atoms with Gasteiger partial charge in [-0.15, -0.1) is 0 Å². The van der Waals surface area contributed by atoms with Gasteiger partial charge >= 0.3 is 0 Å². The van der Waals surface area contributed by atoms with Gasteiger partial charge in [-0.2, -0.15) is 5.26 Å². The quantitative estimate of drug-likeness (QED) is 0.688. The number of nitrogens with zero attached hydrogens (tertiary/aromatic N) is 3. The summed E-state index contributed by atoms with van der Waals surface area (Å²) in [6.07, 6.45) is 3.59. The summed E-state index contributed by atoms with van der Waals surface area (Å²) in [6, 6.07) is 2.37. The van der Waals surface area contributed by atoms with E-state index in [1.807, 2.05) is 0 Å². The first-order valence-corrected chi connectivity index (χ1v) is 6.42. The highest BCUT2D eigenvalue weighted by Crippen LogP contribution is 2.18. The number of likely N-dealkylation sites (tertiary alicyclic amines) is 1. The lowest BCUT2D eigenvalue weighted by Crippen LogP contribution is -2.27. The van der Waals surface area contributed by atoms with Crippen LogP contribution in [0.2, 0.25) is 0 Å². The van der Waals surface area contributed by atoms with Gasteiger partial charge in [0.05, 0.1) is 12.0 Å². The highest BCUT2D eigenvalue weighted by molar-refractivity contribution is 4.83. The maximum Gasteiger partial charge on any atom is 0.0669 e. The average Bonchev–Trinajstić information content (AvgIpc) is 2.69. The van der Waals surface area contributed by atoms with Crippen LogP contribution in [0.15, 0.2) is 0 Å². The third-order valence-corrected chi connectivity index (χ3v) is 3.62. The molecule has 92 valence electrons. The molecule has 0 aromatic rings. The average molecular weight is 223 g/mol. The summed E-state index contributed by atoms with van der Waals surface area (Å²) in [7, 11) is 4.34. The zero-order chi connectivity index (χ0) is 12.0. The van der Waals surface area contributed by atoms with E-state index >= 15 is 0 Å². The zero-order valence-corrected chi connectivity index (χ0v) is 10.9. The number of hydrogen-bond acceptors (Lipinski definition) is 3. The van der Waals surface area contributed by atoms with Gasteiger partial charge in [0.25, 0.3) is 0 Å². The van der Waals surface area contributed by atoms with Crippen molar-refractivity contribution in [2.75, 3.05) is 40.3 Å². The van der Waals surface area contributed by atoms with Crippen molar-refractivity contribution < 1.29 is 0 Å². The lowest BCUT2D eigenvalue weighted by atomic mass is 10.0. The molecule has 0 aliphatic carbocycles. The first-order chi connectivity index (χ1) is 7.65. The van der Waals surface area contributed by atoms with E-state index in [0.29, 0.717) is 0 Å². The molecule has 1 heterocycles. The van der Waals surface area contributed by atoms with Crippen LogP contribution in [0.25, 0.3) is 0 Å². The first kappa shape index (κ1) is 13.5. The molecule has 2 atom stereocenters. The number of hydrogen-bond donors (Lipinski definition) is 0. The maximum atomic E-state index is 8.91. The Labute approximate surface area is 100 Å². The van der Waals surface area contributed by atoms with Crippen LogP contribution in [0.3, 0.4) is 0 Å². The smallest absolute Gasteiger partial charge is 0.0669 e. The van der Waals surface area contributed by atoms with Gasteiger partial charge in [-0.05, 0) is 52.4 Å². The van der Waals surface area contributed by atoms with E-state index in [4.69, 9.17) is 5.26 Å². The Morgan fingerprint density at radius 3 is 2.81 bits per heavy atom. The predicted molar refractivity (Wildman–Crippen MR) is 67.1 cm³/mol. The third-order valence-electron chi connectivity index (χ3n) is 3.62. The zero-order valence-electron chi connectivity index (χ0n) is 10.9. The molecule has 0 aromatic carbocycles. The van der Waals surface area contributed by atoms with Crippen LogP contribution in [0.5, 0.6) is 0 Å². The van der Waals surface area contributed by atoms with Gasteiger partial charge in [0, 0.05) is 13.1 Å². The molecule has 1 aliphatic heterocycles. The van der Waals surface area contributed by atoms with Crippen molar-refractivity contribution >= 4 is 0 Å². The molecule has 1 saturated heterocycles. The van der Waals surface area contributed by atoms with E-state index < -0.39 is 0 Å². The summed E-state index contributed by atoms with van der Waals surface area (Å²) in [6.45, 7) is 6.66. The van der Waals surface area contributed by atoms with Gasteiger partial charge in [-0.25, -0.2) is 0 Å². The van der Waals surface area contributed by atoms with Crippen LogP contribution >= 0.6 is 0 Å². The molecule has 3 heteroatoms. The van der Waals surface area contributed by atoms with E-state index in [9.17, 15) is 0 Å². The molecular formula is C13H25N3. The van der Waals surface area contributed by atoms with Gasteiger partial charge in [0.1, 0.15) is 0 Å². The minimum atomic E-state index is 0.205. The molecule has 0 saturated carbocycles. The molecule has 0 bridgehead atoms. The van der Waals surface area contributed by atoms with E-state index in [1.165, 1.54) is 25.9 Å². The topological polar surface area (TPSA) is 30.3 Å². The molecule has 1 fully saturated rings. The van der Waals surface area contributed by atoms with Gasteiger partial charge in [-0.3, -0.25) is 0 Å². The number of nitriles is 1. The van der Waals surface area contributed by atoms with Crippen molar-refractivity contribution in [2.24, 2.45) is 11.8 Å². The molecule has 0 spiro atoms. The van der Waals surface area contributed by atoms with Gasteiger partial charge in [-0.1, -0.05) is 6.92 Å². The van der Waals surface area contributed by atoms with Crippen LogP contribution in [0.4, 0.5) is 0 Å².